The molecule has 1 amide bonds. The van der Waals surface area contributed by atoms with Crippen molar-refractivity contribution in [3.05, 3.63) is 78.8 Å². The monoisotopic (exact) mass is 535 g/mol. The number of halogens is 2. The van der Waals surface area contributed by atoms with Gasteiger partial charge in [-0.25, -0.2) is 9.79 Å². The minimum atomic E-state index is -0.767. The molecule has 2 aromatic rings. The van der Waals surface area contributed by atoms with E-state index in [2.05, 4.69) is 20.9 Å². The number of aliphatic hydroxyl groups excluding tert-OH is 1. The van der Waals surface area contributed by atoms with Crippen molar-refractivity contribution in [2.24, 2.45) is 4.99 Å². The third-order valence-corrected chi connectivity index (χ3v) is 6.24. The van der Waals surface area contributed by atoms with Crippen molar-refractivity contribution in [1.29, 1.82) is 0 Å². The predicted molar refractivity (Wildman–Crippen MR) is 131 cm³/mol. The van der Waals surface area contributed by atoms with E-state index in [1.54, 1.807) is 50.3 Å². The number of esters is 1. The average Bonchev–Trinajstić information content (AvgIpc) is 3.03. The SMILES string of the molecule is CCOC(=O)C1=C(O)/C(=C/c2cc(Br)cc(Cl)c2OC)SC1=NC(=O)c1ccccc1C. The first-order valence-electron chi connectivity index (χ1n) is 9.49. The molecule has 166 valence electrons. The quantitative estimate of drug-likeness (QED) is 0.463. The van der Waals surface area contributed by atoms with Crippen molar-refractivity contribution in [3.8, 4) is 5.75 Å². The summed E-state index contributed by atoms with van der Waals surface area (Å²) in [6.45, 7) is 3.55. The van der Waals surface area contributed by atoms with Crippen LogP contribution in [0.1, 0.15) is 28.4 Å². The van der Waals surface area contributed by atoms with Gasteiger partial charge in [0.05, 0.1) is 23.6 Å². The molecule has 3 rings (SSSR count). The molecule has 0 aromatic heterocycles. The van der Waals surface area contributed by atoms with Gasteiger partial charge in [0, 0.05) is 15.6 Å². The van der Waals surface area contributed by atoms with Crippen LogP contribution in [0.15, 0.2) is 62.1 Å². The van der Waals surface area contributed by atoms with Gasteiger partial charge in [-0.05, 0) is 43.7 Å². The zero-order chi connectivity index (χ0) is 23.4. The largest absolute Gasteiger partial charge is 0.506 e. The summed E-state index contributed by atoms with van der Waals surface area (Å²) in [4.78, 5) is 29.8. The number of hydrogen-bond acceptors (Lipinski definition) is 6. The fourth-order valence-corrected chi connectivity index (χ4v) is 4.92. The van der Waals surface area contributed by atoms with Gasteiger partial charge in [0.2, 0.25) is 0 Å². The van der Waals surface area contributed by atoms with Crippen LogP contribution in [0.3, 0.4) is 0 Å². The Balaban J connectivity index is 2.10. The molecule has 0 bridgehead atoms. The molecule has 9 heteroatoms. The van der Waals surface area contributed by atoms with Crippen molar-refractivity contribution in [2.45, 2.75) is 13.8 Å². The predicted octanol–water partition coefficient (Wildman–Crippen LogP) is 6.12. The summed E-state index contributed by atoms with van der Waals surface area (Å²) >= 11 is 10.6. The van der Waals surface area contributed by atoms with Crippen LogP contribution in [0, 0.1) is 6.92 Å². The van der Waals surface area contributed by atoms with Crippen LogP contribution >= 0.6 is 39.3 Å². The lowest BCUT2D eigenvalue weighted by molar-refractivity contribution is -0.138. The second-order valence-corrected chi connectivity index (χ2v) is 8.96. The van der Waals surface area contributed by atoms with Gasteiger partial charge in [-0.15, -0.1) is 0 Å². The van der Waals surface area contributed by atoms with E-state index in [-0.39, 0.29) is 23.0 Å². The zero-order valence-corrected chi connectivity index (χ0v) is 20.6. The topological polar surface area (TPSA) is 85.2 Å². The molecule has 0 spiro atoms. The van der Waals surface area contributed by atoms with E-state index in [0.717, 1.165) is 17.3 Å². The first-order chi connectivity index (χ1) is 15.3. The van der Waals surface area contributed by atoms with E-state index >= 15 is 0 Å². The molecule has 0 saturated heterocycles. The fraction of sp³-hybridized carbons (Fsp3) is 0.174. The van der Waals surface area contributed by atoms with Crippen LogP contribution in [0.5, 0.6) is 5.75 Å². The Bertz CT molecular complexity index is 1190. The average molecular weight is 537 g/mol. The highest BCUT2D eigenvalue weighted by Gasteiger charge is 2.34. The van der Waals surface area contributed by atoms with Gasteiger partial charge in [0.25, 0.3) is 5.91 Å². The van der Waals surface area contributed by atoms with Gasteiger partial charge in [-0.2, -0.15) is 0 Å². The molecule has 1 aliphatic rings. The summed E-state index contributed by atoms with van der Waals surface area (Å²) in [5, 5.41) is 11.3. The Labute approximate surface area is 203 Å². The molecule has 0 saturated carbocycles. The maximum atomic E-state index is 12.8. The van der Waals surface area contributed by atoms with Crippen LogP contribution in [0.2, 0.25) is 5.02 Å². The summed E-state index contributed by atoms with van der Waals surface area (Å²) in [5.74, 6) is -1.22. The number of carbonyl (C=O) groups is 2. The van der Waals surface area contributed by atoms with E-state index in [0.29, 0.717) is 31.3 Å². The highest BCUT2D eigenvalue weighted by atomic mass is 79.9. The number of amides is 1. The van der Waals surface area contributed by atoms with E-state index in [9.17, 15) is 14.7 Å². The number of rotatable bonds is 5. The highest BCUT2D eigenvalue weighted by molar-refractivity contribution is 9.10. The molecular formula is C23H19BrClNO5S. The van der Waals surface area contributed by atoms with Gasteiger partial charge in [-0.3, -0.25) is 4.79 Å². The van der Waals surface area contributed by atoms with Crippen LogP contribution in [0.4, 0.5) is 0 Å². The number of carbonyl (C=O) groups excluding carboxylic acids is 2. The van der Waals surface area contributed by atoms with Crippen molar-refractivity contribution < 1.29 is 24.2 Å². The van der Waals surface area contributed by atoms with Gasteiger partial charge in [0.1, 0.15) is 22.1 Å². The van der Waals surface area contributed by atoms with Gasteiger partial charge in [0.15, 0.2) is 0 Å². The van der Waals surface area contributed by atoms with Gasteiger partial charge in [-0.1, -0.05) is 57.5 Å². The summed E-state index contributed by atoms with van der Waals surface area (Å²) in [6.07, 6.45) is 1.61. The maximum absolute atomic E-state index is 12.8. The Morgan fingerprint density at radius 2 is 2.00 bits per heavy atom. The second-order valence-electron chi connectivity index (χ2n) is 6.60. The lowest BCUT2D eigenvalue weighted by Crippen LogP contribution is -2.14. The molecule has 1 N–H and O–H groups in total. The van der Waals surface area contributed by atoms with Crippen LogP contribution < -0.4 is 4.74 Å². The number of nitrogens with zero attached hydrogens (tertiary/aromatic N) is 1. The van der Waals surface area contributed by atoms with Crippen LogP contribution in [-0.4, -0.2) is 35.7 Å². The smallest absolute Gasteiger partial charge is 0.344 e. The fourth-order valence-electron chi connectivity index (χ4n) is 3.00. The Morgan fingerprint density at radius 1 is 1.28 bits per heavy atom. The third kappa shape index (κ3) is 5.09. The standard InChI is InChI=1S/C23H19BrClNO5S/c1-4-31-23(29)18-19(27)17(10-13-9-14(24)11-16(25)20(13)30-3)32-22(18)26-21(28)15-8-6-5-7-12(15)2/h5-11,27H,4H2,1-3H3/b17-10-,26-22?. The van der Waals surface area contributed by atoms with E-state index < -0.39 is 11.9 Å². The Kier molecular flexibility index (Phi) is 7.82. The van der Waals surface area contributed by atoms with Crippen molar-refractivity contribution in [1.82, 2.24) is 0 Å². The number of aryl methyl sites for hydroxylation is 1. The summed E-state index contributed by atoms with van der Waals surface area (Å²) in [5.41, 5.74) is 1.56. The molecule has 1 heterocycles. The van der Waals surface area contributed by atoms with Crippen molar-refractivity contribution in [2.75, 3.05) is 13.7 Å². The molecule has 0 aliphatic carbocycles. The molecular weight excluding hydrogens is 518 g/mol. The minimum Gasteiger partial charge on any atom is -0.506 e. The molecule has 0 fully saturated rings. The number of ether oxygens (including phenoxy) is 2. The number of aliphatic imine (C=N–C) groups is 1. The first-order valence-corrected chi connectivity index (χ1v) is 11.5. The molecule has 0 unspecified atom stereocenters. The summed E-state index contributed by atoms with van der Waals surface area (Å²) < 4.78 is 11.2. The molecule has 1 aliphatic heterocycles. The van der Waals surface area contributed by atoms with Gasteiger partial charge >= 0.3 is 5.97 Å². The number of benzene rings is 2. The third-order valence-electron chi connectivity index (χ3n) is 4.48. The second kappa shape index (κ2) is 10.4. The first kappa shape index (κ1) is 24.1. The van der Waals surface area contributed by atoms with E-state index in [1.807, 2.05) is 6.07 Å². The Morgan fingerprint density at radius 3 is 2.66 bits per heavy atom. The number of hydrogen-bond donors (Lipinski definition) is 1. The van der Waals surface area contributed by atoms with Crippen LogP contribution in [0.25, 0.3) is 6.08 Å². The molecule has 2 aromatic carbocycles. The lowest BCUT2D eigenvalue weighted by Gasteiger charge is -2.09. The number of thioether (sulfide) groups is 1. The maximum Gasteiger partial charge on any atom is 0.344 e. The van der Waals surface area contributed by atoms with E-state index in [4.69, 9.17) is 21.1 Å². The minimum absolute atomic E-state index is 0.0560. The van der Waals surface area contributed by atoms with Gasteiger partial charge < -0.3 is 14.6 Å². The summed E-state index contributed by atoms with van der Waals surface area (Å²) in [6, 6.07) is 10.4. The van der Waals surface area contributed by atoms with Crippen LogP contribution in [-0.2, 0) is 9.53 Å². The molecule has 6 nitrogen and oxygen atoms in total. The van der Waals surface area contributed by atoms with Crippen molar-refractivity contribution >= 4 is 62.3 Å². The number of aliphatic hydroxyl groups is 1. The Hall–Kier alpha value is -2.55. The lowest BCUT2D eigenvalue weighted by atomic mass is 10.1. The normalized spacial score (nSPS) is 16.0. The molecule has 0 atom stereocenters. The van der Waals surface area contributed by atoms with Crippen molar-refractivity contribution in [3.63, 3.8) is 0 Å². The molecule has 0 radical (unpaired) electrons. The summed E-state index contributed by atoms with van der Waals surface area (Å²) in [7, 11) is 1.48. The molecule has 32 heavy (non-hydrogen) atoms. The highest BCUT2D eigenvalue weighted by Crippen LogP contribution is 2.42. The van der Waals surface area contributed by atoms with E-state index in [1.165, 1.54) is 7.11 Å². The zero-order valence-electron chi connectivity index (χ0n) is 17.4. The number of methoxy groups -OCH3 is 1.